The van der Waals surface area contributed by atoms with Crippen molar-refractivity contribution in [1.29, 1.82) is 0 Å². The lowest BCUT2D eigenvalue weighted by Gasteiger charge is -2.39. The fourth-order valence-electron chi connectivity index (χ4n) is 2.92. The predicted molar refractivity (Wildman–Crippen MR) is 87.8 cm³/mol. The second-order valence-corrected chi connectivity index (χ2v) is 5.83. The first-order valence-corrected chi connectivity index (χ1v) is 8.02. The number of hydrogen-bond donors (Lipinski definition) is 1. The first kappa shape index (κ1) is 16.3. The van der Waals surface area contributed by atoms with Gasteiger partial charge < -0.3 is 15.0 Å². The predicted octanol–water partition coefficient (Wildman–Crippen LogP) is 1.81. The highest BCUT2D eigenvalue weighted by molar-refractivity contribution is 5.33. The van der Waals surface area contributed by atoms with Crippen LogP contribution in [0.5, 0.6) is 5.75 Å². The summed E-state index contributed by atoms with van der Waals surface area (Å²) < 4.78 is 5.99. The Morgan fingerprint density at radius 2 is 2.10 bits per heavy atom. The molecule has 21 heavy (non-hydrogen) atoms. The van der Waals surface area contributed by atoms with E-state index in [1.54, 1.807) is 0 Å². The quantitative estimate of drug-likeness (QED) is 0.829. The maximum atomic E-state index is 5.99. The van der Waals surface area contributed by atoms with Crippen LogP contribution in [0.15, 0.2) is 24.3 Å². The molecule has 1 fully saturated rings. The fourth-order valence-corrected chi connectivity index (χ4v) is 2.92. The van der Waals surface area contributed by atoms with E-state index in [-0.39, 0.29) is 0 Å². The maximum Gasteiger partial charge on any atom is 0.123 e. The van der Waals surface area contributed by atoms with E-state index < -0.39 is 0 Å². The van der Waals surface area contributed by atoms with Crippen LogP contribution >= 0.6 is 0 Å². The molecule has 0 spiro atoms. The van der Waals surface area contributed by atoms with Gasteiger partial charge in [0, 0.05) is 44.3 Å². The number of piperazine rings is 1. The van der Waals surface area contributed by atoms with Crippen molar-refractivity contribution in [2.75, 3.05) is 46.9 Å². The Labute approximate surface area is 129 Å². The molecule has 0 amide bonds. The molecule has 0 aliphatic carbocycles. The van der Waals surface area contributed by atoms with E-state index in [9.17, 15) is 0 Å². The van der Waals surface area contributed by atoms with Crippen molar-refractivity contribution in [2.24, 2.45) is 0 Å². The van der Waals surface area contributed by atoms with E-state index in [0.717, 1.165) is 45.1 Å². The fraction of sp³-hybridized carbons (Fsp3) is 0.647. The summed E-state index contributed by atoms with van der Waals surface area (Å²) in [6.07, 6.45) is 1.22. The Hall–Kier alpha value is -1.10. The van der Waals surface area contributed by atoms with E-state index >= 15 is 0 Å². The molecule has 1 saturated heterocycles. The molecule has 1 aromatic carbocycles. The minimum atomic E-state index is 0.690. The molecule has 0 bridgehead atoms. The Morgan fingerprint density at radius 3 is 2.86 bits per heavy atom. The third-order valence-electron chi connectivity index (χ3n) is 4.34. The average molecular weight is 291 g/mol. The molecular formula is C17H29N3O. The first-order chi connectivity index (χ1) is 10.2. The molecule has 1 N–H and O–H groups in total. The maximum absolute atomic E-state index is 5.99. The molecule has 1 aliphatic rings. The van der Waals surface area contributed by atoms with Crippen molar-refractivity contribution in [3.8, 4) is 5.75 Å². The van der Waals surface area contributed by atoms with Crippen molar-refractivity contribution in [3.05, 3.63) is 29.8 Å². The van der Waals surface area contributed by atoms with E-state index in [0.29, 0.717) is 6.04 Å². The summed E-state index contributed by atoms with van der Waals surface area (Å²) in [7, 11) is 4.20. The molecule has 0 radical (unpaired) electrons. The summed E-state index contributed by atoms with van der Waals surface area (Å²) in [5, 5.41) is 3.19. The largest absolute Gasteiger partial charge is 0.492 e. The van der Waals surface area contributed by atoms with Crippen LogP contribution in [-0.2, 0) is 6.54 Å². The van der Waals surface area contributed by atoms with E-state index in [4.69, 9.17) is 4.74 Å². The highest BCUT2D eigenvalue weighted by Gasteiger charge is 2.22. The minimum absolute atomic E-state index is 0.690. The highest BCUT2D eigenvalue weighted by Crippen LogP contribution is 2.18. The molecule has 1 aliphatic heterocycles. The zero-order chi connectivity index (χ0) is 15.1. The highest BCUT2D eigenvalue weighted by atomic mass is 16.5. The topological polar surface area (TPSA) is 27.7 Å². The van der Waals surface area contributed by atoms with Gasteiger partial charge in [0.05, 0.1) is 0 Å². The molecule has 1 aromatic rings. The van der Waals surface area contributed by atoms with Gasteiger partial charge in [0.2, 0.25) is 0 Å². The van der Waals surface area contributed by atoms with Crippen LogP contribution in [-0.4, -0.2) is 62.7 Å². The Morgan fingerprint density at radius 1 is 1.29 bits per heavy atom. The molecule has 0 aromatic heterocycles. The summed E-state index contributed by atoms with van der Waals surface area (Å²) in [5.41, 5.74) is 1.23. The van der Waals surface area contributed by atoms with E-state index in [2.05, 4.69) is 47.3 Å². The van der Waals surface area contributed by atoms with Crippen LogP contribution in [0.25, 0.3) is 0 Å². The van der Waals surface area contributed by atoms with Crippen LogP contribution in [0.4, 0.5) is 0 Å². The zero-order valence-corrected chi connectivity index (χ0v) is 13.6. The van der Waals surface area contributed by atoms with Crippen LogP contribution in [0.2, 0.25) is 0 Å². The molecule has 118 valence electrons. The Balaban J connectivity index is 1.79. The van der Waals surface area contributed by atoms with Gasteiger partial charge in [0.1, 0.15) is 12.4 Å². The Kier molecular flexibility index (Phi) is 6.49. The summed E-state index contributed by atoms with van der Waals surface area (Å²) in [6, 6.07) is 8.97. The van der Waals surface area contributed by atoms with Gasteiger partial charge in [0.15, 0.2) is 0 Å². The van der Waals surface area contributed by atoms with Gasteiger partial charge in [-0.05, 0) is 26.6 Å². The molecular weight excluding hydrogens is 262 g/mol. The first-order valence-electron chi connectivity index (χ1n) is 8.02. The zero-order valence-electron chi connectivity index (χ0n) is 13.6. The monoisotopic (exact) mass is 291 g/mol. The second-order valence-electron chi connectivity index (χ2n) is 5.83. The smallest absolute Gasteiger partial charge is 0.123 e. The average Bonchev–Trinajstić information content (AvgIpc) is 2.51. The third kappa shape index (κ3) is 4.70. The summed E-state index contributed by atoms with van der Waals surface area (Å²) in [4.78, 5) is 4.99. The number of hydrogen-bond acceptors (Lipinski definition) is 4. The molecule has 1 heterocycles. The molecule has 1 unspecified atom stereocenters. The van der Waals surface area contributed by atoms with Crippen LogP contribution in [0, 0.1) is 0 Å². The number of nitrogens with one attached hydrogen (secondary N) is 1. The third-order valence-corrected chi connectivity index (χ3v) is 4.34. The summed E-state index contributed by atoms with van der Waals surface area (Å²) in [6.45, 7) is 8.37. The molecule has 2 rings (SSSR count). The SMILES string of the molecule is CCC1CN(CCOc2ccccc2CNC)CCN1C. The standard InChI is InChI=1S/C17H29N3O/c1-4-16-14-20(10-9-19(16)3)11-12-21-17-8-6-5-7-15(17)13-18-2/h5-8,16,18H,4,9-14H2,1-3H3. The second kappa shape index (κ2) is 8.37. The van der Waals surface area contributed by atoms with Gasteiger partial charge in [-0.1, -0.05) is 25.1 Å². The lowest BCUT2D eigenvalue weighted by Crippen LogP contribution is -2.51. The van der Waals surface area contributed by atoms with Gasteiger partial charge in [-0.25, -0.2) is 0 Å². The summed E-state index contributed by atoms with van der Waals surface area (Å²) in [5.74, 6) is 1.01. The summed E-state index contributed by atoms with van der Waals surface area (Å²) >= 11 is 0. The number of rotatable bonds is 7. The van der Waals surface area contributed by atoms with Crippen molar-refractivity contribution in [2.45, 2.75) is 25.9 Å². The van der Waals surface area contributed by atoms with Gasteiger partial charge in [-0.3, -0.25) is 4.90 Å². The Bertz CT molecular complexity index is 424. The van der Waals surface area contributed by atoms with Gasteiger partial charge in [-0.2, -0.15) is 0 Å². The van der Waals surface area contributed by atoms with Crippen molar-refractivity contribution in [1.82, 2.24) is 15.1 Å². The number of likely N-dealkylation sites (N-methyl/N-ethyl adjacent to an activating group) is 1. The van der Waals surface area contributed by atoms with Crippen LogP contribution in [0.3, 0.4) is 0 Å². The van der Waals surface area contributed by atoms with Gasteiger partial charge in [-0.15, -0.1) is 0 Å². The lowest BCUT2D eigenvalue weighted by molar-refractivity contribution is 0.0823. The number of ether oxygens (including phenoxy) is 1. The molecule has 4 heteroatoms. The molecule has 0 saturated carbocycles. The van der Waals surface area contributed by atoms with E-state index in [1.807, 2.05) is 13.1 Å². The van der Waals surface area contributed by atoms with Crippen LogP contribution < -0.4 is 10.1 Å². The number of para-hydroxylation sites is 1. The van der Waals surface area contributed by atoms with Crippen molar-refractivity contribution < 1.29 is 4.74 Å². The molecule has 1 atom stereocenters. The molecule has 4 nitrogen and oxygen atoms in total. The lowest BCUT2D eigenvalue weighted by atomic mass is 10.1. The van der Waals surface area contributed by atoms with Crippen molar-refractivity contribution >= 4 is 0 Å². The van der Waals surface area contributed by atoms with Crippen molar-refractivity contribution in [3.63, 3.8) is 0 Å². The normalized spacial score (nSPS) is 20.6. The van der Waals surface area contributed by atoms with E-state index in [1.165, 1.54) is 12.0 Å². The van der Waals surface area contributed by atoms with Gasteiger partial charge in [0.25, 0.3) is 0 Å². The number of nitrogens with zero attached hydrogens (tertiary/aromatic N) is 2. The number of benzene rings is 1. The van der Waals surface area contributed by atoms with Crippen LogP contribution in [0.1, 0.15) is 18.9 Å². The van der Waals surface area contributed by atoms with Gasteiger partial charge >= 0.3 is 0 Å². The minimum Gasteiger partial charge on any atom is -0.492 e.